The van der Waals surface area contributed by atoms with Crippen LogP contribution in [0, 0.1) is 0 Å². The molecule has 1 aliphatic rings. The molecule has 0 saturated heterocycles. The molecule has 17 heteroatoms. The van der Waals surface area contributed by atoms with E-state index in [2.05, 4.69) is 26.6 Å². The van der Waals surface area contributed by atoms with Crippen molar-refractivity contribution in [2.24, 2.45) is 4.99 Å². The summed E-state index contributed by atoms with van der Waals surface area (Å²) in [6.07, 6.45) is -1.45. The number of carbonyl (C=O) groups is 2. The summed E-state index contributed by atoms with van der Waals surface area (Å²) < 4.78 is 84.8. The Morgan fingerprint density at radius 2 is 1.73 bits per heavy atom. The van der Waals surface area contributed by atoms with Gasteiger partial charge in [-0.3, -0.25) is 19.4 Å². The van der Waals surface area contributed by atoms with Crippen LogP contribution in [-0.4, -0.2) is 93.5 Å². The monoisotopic (exact) mass is 808 g/mol. The van der Waals surface area contributed by atoms with Gasteiger partial charge in [-0.25, -0.2) is 4.68 Å². The van der Waals surface area contributed by atoms with E-state index in [1.807, 2.05) is 13.8 Å². The molecular formula is C39H46F6N6O4S. The number of alkyl halides is 6. The average Bonchev–Trinajstić information content (AvgIpc) is 3.42. The Hall–Kier alpha value is -4.77. The minimum absolute atomic E-state index is 0.0200. The fraction of sp³-hybridized carbons (Fsp3) is 0.436. The standard InChI is InChI=1S/C39H46F6N6O4S/c1-6-28(23-46-27(5)38(40,41)42)26-56-37-47-36(54)33(19-20-35(53)55-9-4)48-51(37)25-34(52)50(22-21-49(7-2)8-3)24-29-13-15-31(16-14-29)30-11-10-12-32(18-17-30)39(43,44)45/h6,11-18,23H,5,7-10,19-22,24-26H2,1-4H3/b28-6+,46-23?. The summed E-state index contributed by atoms with van der Waals surface area (Å²) in [7, 11) is 0. The van der Waals surface area contributed by atoms with Crippen LogP contribution in [0.5, 0.6) is 0 Å². The summed E-state index contributed by atoms with van der Waals surface area (Å²) in [6, 6.07) is 7.15. The van der Waals surface area contributed by atoms with Crippen molar-refractivity contribution >= 4 is 35.4 Å². The normalized spacial score (nSPS) is 13.8. The molecule has 0 spiro atoms. The smallest absolute Gasteiger partial charge is 0.432 e. The first-order valence-electron chi connectivity index (χ1n) is 18.0. The third kappa shape index (κ3) is 14.4. The van der Waals surface area contributed by atoms with E-state index in [0.717, 1.165) is 48.8 Å². The van der Waals surface area contributed by atoms with E-state index in [-0.39, 0.29) is 61.5 Å². The fourth-order valence-electron chi connectivity index (χ4n) is 5.24. The van der Waals surface area contributed by atoms with Crippen LogP contribution < -0.4 is 5.56 Å². The molecule has 2 aromatic rings. The lowest BCUT2D eigenvalue weighted by molar-refractivity contribution is -0.143. The van der Waals surface area contributed by atoms with E-state index in [1.54, 1.807) is 49.1 Å². The van der Waals surface area contributed by atoms with Crippen LogP contribution in [0.4, 0.5) is 26.3 Å². The molecule has 1 aliphatic carbocycles. The molecule has 3 rings (SSSR count). The highest BCUT2D eigenvalue weighted by Gasteiger charge is 2.32. The van der Waals surface area contributed by atoms with E-state index in [4.69, 9.17) is 4.74 Å². The zero-order valence-corrected chi connectivity index (χ0v) is 32.6. The van der Waals surface area contributed by atoms with Crippen molar-refractivity contribution in [3.63, 3.8) is 0 Å². The number of halogens is 6. The molecule has 1 heterocycles. The molecule has 0 saturated carbocycles. The first-order chi connectivity index (χ1) is 26.5. The molecule has 56 heavy (non-hydrogen) atoms. The van der Waals surface area contributed by atoms with Gasteiger partial charge in [-0.2, -0.15) is 36.4 Å². The highest BCUT2D eigenvalue weighted by molar-refractivity contribution is 7.99. The number of likely N-dealkylation sites (N-methyl/N-ethyl adjacent to an activating group) is 1. The summed E-state index contributed by atoms with van der Waals surface area (Å²) in [5, 5.41) is 4.43. The second kappa shape index (κ2) is 21.5. The van der Waals surface area contributed by atoms with Crippen LogP contribution in [0.3, 0.4) is 0 Å². The van der Waals surface area contributed by atoms with Crippen LogP contribution in [0.1, 0.15) is 57.4 Å². The number of rotatable bonds is 19. The molecule has 304 valence electrons. The molecule has 0 N–H and O–H groups in total. The van der Waals surface area contributed by atoms with Crippen molar-refractivity contribution in [2.75, 3.05) is 38.5 Å². The topological polar surface area (TPSA) is 110 Å². The number of thioether (sulfide) groups is 1. The summed E-state index contributed by atoms with van der Waals surface area (Å²) in [4.78, 5) is 50.5. The number of hydrogen-bond acceptors (Lipinski definition) is 9. The Bertz CT molecular complexity index is 1890. The Morgan fingerprint density at radius 1 is 1.04 bits per heavy atom. The molecule has 0 radical (unpaired) electrons. The highest BCUT2D eigenvalue weighted by atomic mass is 32.2. The predicted octanol–water partition coefficient (Wildman–Crippen LogP) is 7.52. The number of hydrogen-bond donors (Lipinski definition) is 0. The third-order valence-electron chi connectivity index (χ3n) is 8.55. The SMILES string of the molecule is C=C(N=C/C(=C\C)CSc1nc(=O)c(CCC(=O)OCC)nn1CC(=O)N(CCN(CC)CC)Cc1ccc(C2=CCC=C(C(F)(F)F)C=C2)cc1)C(F)(F)F. The van der Waals surface area contributed by atoms with Crippen LogP contribution in [0.25, 0.3) is 5.57 Å². The number of aryl methyl sites for hydroxylation is 1. The van der Waals surface area contributed by atoms with Gasteiger partial charge in [-0.15, -0.1) is 0 Å². The molecule has 0 atom stereocenters. The highest BCUT2D eigenvalue weighted by Crippen LogP contribution is 2.31. The maximum absolute atomic E-state index is 14.1. The van der Waals surface area contributed by atoms with Gasteiger partial charge in [0.1, 0.15) is 17.9 Å². The van der Waals surface area contributed by atoms with Gasteiger partial charge in [0.25, 0.3) is 5.56 Å². The van der Waals surface area contributed by atoms with E-state index < -0.39 is 35.2 Å². The number of ether oxygens (including phenoxy) is 1. The molecule has 0 fully saturated rings. The number of nitrogens with zero attached hydrogens (tertiary/aromatic N) is 6. The minimum Gasteiger partial charge on any atom is -0.466 e. The number of allylic oxidation sites excluding steroid dienone is 8. The zero-order chi connectivity index (χ0) is 41.5. The van der Waals surface area contributed by atoms with E-state index >= 15 is 0 Å². The van der Waals surface area contributed by atoms with Crippen LogP contribution in [0.2, 0.25) is 0 Å². The molecule has 1 aromatic carbocycles. The van der Waals surface area contributed by atoms with E-state index in [1.165, 1.54) is 16.8 Å². The molecule has 0 bridgehead atoms. The molecule has 1 amide bonds. The minimum atomic E-state index is -4.71. The van der Waals surface area contributed by atoms with Gasteiger partial charge in [-0.05, 0) is 61.7 Å². The third-order valence-corrected chi connectivity index (χ3v) is 9.59. The Labute approximate surface area is 326 Å². The second-order valence-corrected chi connectivity index (χ2v) is 13.3. The predicted molar refractivity (Wildman–Crippen MR) is 205 cm³/mol. The number of aromatic nitrogens is 3. The number of benzene rings is 1. The van der Waals surface area contributed by atoms with Gasteiger partial charge < -0.3 is 14.5 Å². The number of carbonyl (C=O) groups excluding carboxylic acids is 2. The summed E-state index contributed by atoms with van der Waals surface area (Å²) in [6.45, 7) is 12.5. The Morgan fingerprint density at radius 3 is 2.34 bits per heavy atom. The second-order valence-electron chi connectivity index (χ2n) is 12.4. The summed E-state index contributed by atoms with van der Waals surface area (Å²) in [5.74, 6) is -0.908. The van der Waals surface area contributed by atoms with Gasteiger partial charge in [0.15, 0.2) is 5.16 Å². The van der Waals surface area contributed by atoms with Crippen molar-refractivity contribution in [3.8, 4) is 0 Å². The Balaban J connectivity index is 1.92. The summed E-state index contributed by atoms with van der Waals surface area (Å²) in [5.41, 5.74) is -0.372. The molecular weight excluding hydrogens is 763 g/mol. The maximum atomic E-state index is 14.1. The van der Waals surface area contributed by atoms with Crippen LogP contribution >= 0.6 is 11.8 Å². The molecule has 0 unspecified atom stereocenters. The van der Waals surface area contributed by atoms with Gasteiger partial charge >= 0.3 is 18.3 Å². The van der Waals surface area contributed by atoms with E-state index in [9.17, 15) is 40.7 Å². The molecule has 10 nitrogen and oxygen atoms in total. The van der Waals surface area contributed by atoms with Crippen LogP contribution in [-0.2, 0) is 33.8 Å². The first-order valence-corrected chi connectivity index (χ1v) is 18.9. The lowest BCUT2D eigenvalue weighted by atomic mass is 10.0. The van der Waals surface area contributed by atoms with Gasteiger partial charge in [-0.1, -0.05) is 80.8 Å². The Kier molecular flexibility index (Phi) is 17.5. The maximum Gasteiger partial charge on any atom is 0.432 e. The molecule has 0 aliphatic heterocycles. The number of amides is 1. The summed E-state index contributed by atoms with van der Waals surface area (Å²) >= 11 is 0.967. The largest absolute Gasteiger partial charge is 0.466 e. The van der Waals surface area contributed by atoms with Crippen LogP contribution in [0.15, 0.2) is 93.0 Å². The first kappa shape index (κ1) is 45.6. The fourth-order valence-corrected chi connectivity index (χ4v) is 6.17. The lowest BCUT2D eigenvalue weighted by Crippen LogP contribution is -2.40. The zero-order valence-electron chi connectivity index (χ0n) is 31.8. The molecule has 1 aromatic heterocycles. The number of aliphatic imine (C=N–C) groups is 1. The van der Waals surface area contributed by atoms with Crippen molar-refractivity contribution < 1.29 is 40.7 Å². The number of esters is 1. The van der Waals surface area contributed by atoms with Crippen molar-refractivity contribution in [2.45, 2.75) is 77.6 Å². The van der Waals surface area contributed by atoms with Crippen molar-refractivity contribution in [1.29, 1.82) is 0 Å². The van der Waals surface area contributed by atoms with Gasteiger partial charge in [0.05, 0.1) is 18.6 Å². The van der Waals surface area contributed by atoms with Crippen molar-refractivity contribution in [1.82, 2.24) is 24.6 Å². The average molecular weight is 809 g/mol. The quantitative estimate of drug-likeness (QED) is 0.0621. The van der Waals surface area contributed by atoms with Gasteiger partial charge in [0.2, 0.25) is 5.91 Å². The van der Waals surface area contributed by atoms with Crippen molar-refractivity contribution in [3.05, 3.63) is 105 Å². The van der Waals surface area contributed by atoms with Gasteiger partial charge in [0, 0.05) is 38.0 Å². The van der Waals surface area contributed by atoms with E-state index in [0.29, 0.717) is 29.8 Å². The lowest BCUT2D eigenvalue weighted by Gasteiger charge is -2.27.